The van der Waals surface area contributed by atoms with Gasteiger partial charge in [-0.05, 0) is 0 Å². The Bertz CT molecular complexity index is 206. The van der Waals surface area contributed by atoms with Crippen LogP contribution in [0.5, 0.6) is 0 Å². The lowest BCUT2D eigenvalue weighted by Gasteiger charge is -2.16. The third-order valence-electron chi connectivity index (χ3n) is 1.99. The highest BCUT2D eigenvalue weighted by Crippen LogP contribution is 1.96. The van der Waals surface area contributed by atoms with Crippen LogP contribution in [0.1, 0.15) is 6.42 Å². The van der Waals surface area contributed by atoms with Gasteiger partial charge < -0.3 is 10.1 Å². The second-order valence-corrected chi connectivity index (χ2v) is 2.95. The summed E-state index contributed by atoms with van der Waals surface area (Å²) in [6.07, 6.45) is 0.455. The molecule has 0 unspecified atom stereocenters. The molecule has 0 spiro atoms. The number of hydrogen-bond donors (Lipinski definition) is 1. The summed E-state index contributed by atoms with van der Waals surface area (Å²) in [4.78, 5) is 23.7. The third kappa shape index (κ3) is 3.42. The van der Waals surface area contributed by atoms with Crippen LogP contribution in [-0.4, -0.2) is 50.1 Å². The molecule has 5 heteroatoms. The largest absolute Gasteiger partial charge is 0.468 e. The number of esters is 1. The maximum atomic E-state index is 10.9. The number of rotatable bonds is 2. The minimum atomic E-state index is -0.255. The summed E-state index contributed by atoms with van der Waals surface area (Å²) < 4.78 is 4.53. The zero-order valence-corrected chi connectivity index (χ0v) is 7.71. The van der Waals surface area contributed by atoms with Gasteiger partial charge >= 0.3 is 5.97 Å². The van der Waals surface area contributed by atoms with Gasteiger partial charge in [-0.25, -0.2) is 0 Å². The molecule has 1 N–H and O–H groups in total. The number of nitrogens with one attached hydrogen (secondary N) is 1. The Morgan fingerprint density at radius 2 is 2.38 bits per heavy atom. The van der Waals surface area contributed by atoms with E-state index in [0.717, 1.165) is 0 Å². The number of nitrogens with zero attached hydrogens (tertiary/aromatic N) is 1. The Morgan fingerprint density at radius 1 is 1.62 bits per heavy atom. The maximum absolute atomic E-state index is 10.9. The van der Waals surface area contributed by atoms with Crippen LogP contribution in [0.25, 0.3) is 0 Å². The fourth-order valence-corrected chi connectivity index (χ4v) is 1.22. The molecule has 0 saturated carbocycles. The second-order valence-electron chi connectivity index (χ2n) is 2.95. The molecular formula is C8H14N2O3. The van der Waals surface area contributed by atoms with Crippen LogP contribution in [-0.2, 0) is 14.3 Å². The lowest BCUT2D eigenvalue weighted by molar-refractivity contribution is -0.142. The highest BCUT2D eigenvalue weighted by molar-refractivity contribution is 5.76. The second kappa shape index (κ2) is 4.81. The highest BCUT2D eigenvalue weighted by Gasteiger charge is 2.15. The third-order valence-corrected chi connectivity index (χ3v) is 1.99. The molecule has 1 amide bonds. The van der Waals surface area contributed by atoms with E-state index in [9.17, 15) is 9.59 Å². The van der Waals surface area contributed by atoms with E-state index >= 15 is 0 Å². The van der Waals surface area contributed by atoms with Crippen molar-refractivity contribution < 1.29 is 14.3 Å². The molecule has 74 valence electrons. The first-order valence-electron chi connectivity index (χ1n) is 4.28. The smallest absolute Gasteiger partial charge is 0.319 e. The van der Waals surface area contributed by atoms with Crippen molar-refractivity contribution in [3.05, 3.63) is 0 Å². The first kappa shape index (κ1) is 9.98. The SMILES string of the molecule is COC(=O)CN1CCNC(=O)CC1. The van der Waals surface area contributed by atoms with Crippen LogP contribution < -0.4 is 5.32 Å². The Kier molecular flexibility index (Phi) is 3.70. The number of carbonyl (C=O) groups excluding carboxylic acids is 2. The zero-order chi connectivity index (χ0) is 9.68. The van der Waals surface area contributed by atoms with Crippen LogP contribution in [0, 0.1) is 0 Å². The van der Waals surface area contributed by atoms with Gasteiger partial charge in [0.2, 0.25) is 5.91 Å². The average molecular weight is 186 g/mol. The molecule has 5 nitrogen and oxygen atoms in total. The quantitative estimate of drug-likeness (QED) is 0.561. The van der Waals surface area contributed by atoms with Gasteiger partial charge in [0.1, 0.15) is 0 Å². The van der Waals surface area contributed by atoms with Gasteiger partial charge in [-0.2, -0.15) is 0 Å². The van der Waals surface area contributed by atoms with Gasteiger partial charge in [0, 0.05) is 26.1 Å². The van der Waals surface area contributed by atoms with Crippen molar-refractivity contribution in [2.45, 2.75) is 6.42 Å². The van der Waals surface area contributed by atoms with Gasteiger partial charge in [-0.1, -0.05) is 0 Å². The Hall–Kier alpha value is -1.10. The van der Waals surface area contributed by atoms with E-state index in [1.165, 1.54) is 7.11 Å². The number of amides is 1. The monoisotopic (exact) mass is 186 g/mol. The van der Waals surface area contributed by atoms with E-state index in [1.807, 2.05) is 4.90 Å². The lowest BCUT2D eigenvalue weighted by Crippen LogP contribution is -2.33. The minimum Gasteiger partial charge on any atom is -0.468 e. The van der Waals surface area contributed by atoms with Gasteiger partial charge in [-0.15, -0.1) is 0 Å². The Balaban J connectivity index is 2.33. The van der Waals surface area contributed by atoms with Crippen LogP contribution in [0.4, 0.5) is 0 Å². The molecule has 0 radical (unpaired) electrons. The first-order chi connectivity index (χ1) is 6.22. The van der Waals surface area contributed by atoms with Gasteiger partial charge in [0.25, 0.3) is 0 Å². The molecule has 1 heterocycles. The van der Waals surface area contributed by atoms with Crippen molar-refractivity contribution in [1.29, 1.82) is 0 Å². The van der Waals surface area contributed by atoms with E-state index < -0.39 is 0 Å². The summed E-state index contributed by atoms with van der Waals surface area (Å²) in [6, 6.07) is 0. The van der Waals surface area contributed by atoms with E-state index in [0.29, 0.717) is 26.1 Å². The molecule has 1 saturated heterocycles. The summed E-state index contributed by atoms with van der Waals surface area (Å²) >= 11 is 0. The molecule has 0 aromatic rings. The van der Waals surface area contributed by atoms with Crippen molar-refractivity contribution in [3.8, 4) is 0 Å². The number of ether oxygens (including phenoxy) is 1. The molecular weight excluding hydrogens is 172 g/mol. The number of methoxy groups -OCH3 is 1. The summed E-state index contributed by atoms with van der Waals surface area (Å²) in [6.45, 7) is 2.21. The van der Waals surface area contributed by atoms with Gasteiger partial charge in [-0.3, -0.25) is 14.5 Å². The average Bonchev–Trinajstić information content (AvgIpc) is 2.31. The predicted octanol–water partition coefficient (Wildman–Crippen LogP) is -1.02. The highest BCUT2D eigenvalue weighted by atomic mass is 16.5. The zero-order valence-electron chi connectivity index (χ0n) is 7.71. The molecule has 1 aliphatic rings. The summed E-state index contributed by atoms with van der Waals surface area (Å²) in [5, 5.41) is 2.73. The number of hydrogen-bond acceptors (Lipinski definition) is 4. The van der Waals surface area contributed by atoms with Crippen molar-refractivity contribution in [3.63, 3.8) is 0 Å². The molecule has 0 aromatic heterocycles. The molecule has 1 fully saturated rings. The fourth-order valence-electron chi connectivity index (χ4n) is 1.22. The lowest BCUT2D eigenvalue weighted by atomic mass is 10.4. The number of carbonyl (C=O) groups is 2. The summed E-state index contributed by atoms with van der Waals surface area (Å²) in [5.41, 5.74) is 0. The molecule has 0 aliphatic carbocycles. The van der Waals surface area contributed by atoms with Crippen molar-refractivity contribution in [1.82, 2.24) is 10.2 Å². The van der Waals surface area contributed by atoms with Gasteiger partial charge in [0.15, 0.2) is 0 Å². The maximum Gasteiger partial charge on any atom is 0.319 e. The predicted molar refractivity (Wildman–Crippen MR) is 46.1 cm³/mol. The standard InChI is InChI=1S/C8H14N2O3/c1-13-8(12)6-10-4-2-7(11)9-3-5-10/h2-6H2,1H3,(H,9,11). The molecule has 1 aliphatic heterocycles. The first-order valence-corrected chi connectivity index (χ1v) is 4.28. The van der Waals surface area contributed by atoms with Crippen molar-refractivity contribution in [2.75, 3.05) is 33.3 Å². The molecule has 0 atom stereocenters. The Morgan fingerprint density at radius 3 is 3.08 bits per heavy atom. The minimum absolute atomic E-state index is 0.0485. The van der Waals surface area contributed by atoms with E-state index in [-0.39, 0.29) is 18.4 Å². The van der Waals surface area contributed by atoms with Crippen LogP contribution >= 0.6 is 0 Å². The molecule has 0 bridgehead atoms. The molecule has 13 heavy (non-hydrogen) atoms. The van der Waals surface area contributed by atoms with Crippen molar-refractivity contribution >= 4 is 11.9 Å². The van der Waals surface area contributed by atoms with Crippen LogP contribution in [0.3, 0.4) is 0 Å². The topological polar surface area (TPSA) is 58.6 Å². The van der Waals surface area contributed by atoms with E-state index in [2.05, 4.69) is 10.1 Å². The molecule has 1 rings (SSSR count). The van der Waals surface area contributed by atoms with Gasteiger partial charge in [0.05, 0.1) is 13.7 Å². The summed E-state index contributed by atoms with van der Waals surface area (Å²) in [7, 11) is 1.36. The van der Waals surface area contributed by atoms with E-state index in [4.69, 9.17) is 0 Å². The van der Waals surface area contributed by atoms with E-state index in [1.54, 1.807) is 0 Å². The van der Waals surface area contributed by atoms with Crippen molar-refractivity contribution in [2.24, 2.45) is 0 Å². The van der Waals surface area contributed by atoms with Crippen LogP contribution in [0.15, 0.2) is 0 Å². The summed E-state index contributed by atoms with van der Waals surface area (Å²) in [5.74, 6) is -0.207. The normalized spacial score (nSPS) is 19.0. The molecule has 0 aromatic carbocycles. The fraction of sp³-hybridized carbons (Fsp3) is 0.750. The Labute approximate surface area is 77.0 Å². The van der Waals surface area contributed by atoms with Crippen LogP contribution in [0.2, 0.25) is 0 Å².